The van der Waals surface area contributed by atoms with Crippen molar-refractivity contribution >= 4 is 40.4 Å². The zero-order valence-electron chi connectivity index (χ0n) is 11.9. The maximum absolute atomic E-state index is 13.9. The van der Waals surface area contributed by atoms with Crippen LogP contribution in [0.25, 0.3) is 5.57 Å². The lowest BCUT2D eigenvalue weighted by atomic mass is 10.1. The number of para-hydroxylation sites is 1. The van der Waals surface area contributed by atoms with Gasteiger partial charge in [0.15, 0.2) is 0 Å². The first kappa shape index (κ1) is 15.8. The fourth-order valence-electron chi connectivity index (χ4n) is 2.35. The predicted octanol–water partition coefficient (Wildman–Crippen LogP) is 3.26. The van der Waals surface area contributed by atoms with Crippen LogP contribution in [0.15, 0.2) is 53.6 Å². The molecular weight excluding hydrogens is 339 g/mol. The number of non-ortho nitro benzene ring substituents is 1. The van der Waals surface area contributed by atoms with Crippen molar-refractivity contribution in [2.24, 2.45) is 0 Å². The third-order valence-corrected chi connectivity index (χ3v) is 3.84. The van der Waals surface area contributed by atoms with Crippen molar-refractivity contribution in [2.75, 3.05) is 4.90 Å². The minimum Gasteiger partial charge on any atom is -0.268 e. The number of nitro benzene ring substituents is 1. The quantitative estimate of drug-likeness (QED) is 0.485. The minimum absolute atomic E-state index is 0.125. The van der Waals surface area contributed by atoms with Crippen LogP contribution < -0.4 is 4.90 Å². The van der Waals surface area contributed by atoms with Crippen molar-refractivity contribution in [1.29, 1.82) is 0 Å². The number of halogens is 2. The van der Waals surface area contributed by atoms with Crippen molar-refractivity contribution in [1.82, 2.24) is 0 Å². The van der Waals surface area contributed by atoms with Crippen LogP contribution in [0.5, 0.6) is 0 Å². The van der Waals surface area contributed by atoms with E-state index in [2.05, 4.69) is 0 Å². The Hall–Kier alpha value is -3.06. The third-order valence-electron chi connectivity index (χ3n) is 3.49. The number of nitro groups is 1. The molecule has 3 rings (SSSR count). The van der Waals surface area contributed by atoms with Crippen molar-refractivity contribution in [2.45, 2.75) is 0 Å². The van der Waals surface area contributed by atoms with Crippen LogP contribution in [0.1, 0.15) is 5.56 Å². The summed E-state index contributed by atoms with van der Waals surface area (Å²) in [5.41, 5.74) is -0.261. The maximum Gasteiger partial charge on any atom is 0.277 e. The topological polar surface area (TPSA) is 80.5 Å². The summed E-state index contributed by atoms with van der Waals surface area (Å²) in [5.74, 6) is -2.38. The lowest BCUT2D eigenvalue weighted by Gasteiger charge is -2.15. The van der Waals surface area contributed by atoms with E-state index in [-0.39, 0.29) is 27.5 Å². The summed E-state index contributed by atoms with van der Waals surface area (Å²) >= 11 is 5.97. The summed E-state index contributed by atoms with van der Waals surface area (Å²) < 4.78 is 13.9. The van der Waals surface area contributed by atoms with Gasteiger partial charge in [-0.3, -0.25) is 19.7 Å². The Kier molecular flexibility index (Phi) is 3.86. The molecule has 1 heterocycles. The molecule has 0 fully saturated rings. The molecule has 0 unspecified atom stereocenters. The van der Waals surface area contributed by atoms with Crippen LogP contribution in [0.4, 0.5) is 15.8 Å². The Bertz CT molecular complexity index is 909. The summed E-state index contributed by atoms with van der Waals surface area (Å²) in [5, 5.41) is 10.3. The van der Waals surface area contributed by atoms with Gasteiger partial charge in [-0.05, 0) is 29.8 Å². The molecule has 24 heavy (non-hydrogen) atoms. The average molecular weight is 347 g/mol. The monoisotopic (exact) mass is 346 g/mol. The summed E-state index contributed by atoms with van der Waals surface area (Å²) in [6.07, 6.45) is 0. The van der Waals surface area contributed by atoms with Gasteiger partial charge >= 0.3 is 0 Å². The van der Waals surface area contributed by atoms with Gasteiger partial charge in [0.2, 0.25) is 0 Å². The van der Waals surface area contributed by atoms with Crippen LogP contribution in [-0.2, 0) is 9.59 Å². The van der Waals surface area contributed by atoms with Gasteiger partial charge in [-0.15, -0.1) is 0 Å². The number of imide groups is 1. The Balaban J connectivity index is 2.04. The molecule has 0 aromatic heterocycles. The van der Waals surface area contributed by atoms with E-state index in [1.54, 1.807) is 0 Å². The smallest absolute Gasteiger partial charge is 0.268 e. The first-order chi connectivity index (χ1) is 11.4. The van der Waals surface area contributed by atoms with Crippen LogP contribution in [0, 0.1) is 15.9 Å². The van der Waals surface area contributed by atoms with Crippen LogP contribution >= 0.6 is 11.6 Å². The van der Waals surface area contributed by atoms with Gasteiger partial charge in [-0.2, -0.15) is 0 Å². The summed E-state index contributed by atoms with van der Waals surface area (Å²) in [4.78, 5) is 35.6. The first-order valence-electron chi connectivity index (χ1n) is 6.69. The van der Waals surface area contributed by atoms with Crippen molar-refractivity contribution in [3.8, 4) is 0 Å². The molecule has 0 aliphatic carbocycles. The molecule has 0 spiro atoms. The molecule has 8 heteroatoms. The van der Waals surface area contributed by atoms with Gasteiger partial charge in [-0.1, -0.05) is 23.7 Å². The van der Waals surface area contributed by atoms with Gasteiger partial charge in [0.05, 0.1) is 16.2 Å². The van der Waals surface area contributed by atoms with Crippen molar-refractivity contribution in [3.63, 3.8) is 0 Å². The first-order valence-corrected chi connectivity index (χ1v) is 7.07. The Morgan fingerprint density at radius 2 is 1.62 bits per heavy atom. The fraction of sp³-hybridized carbons (Fsp3) is 0. The molecule has 120 valence electrons. The molecule has 0 atom stereocenters. The number of carbonyl (C=O) groups is 2. The fourth-order valence-corrected chi connectivity index (χ4v) is 2.63. The van der Waals surface area contributed by atoms with E-state index in [1.807, 2.05) is 0 Å². The van der Waals surface area contributed by atoms with E-state index >= 15 is 0 Å². The molecule has 6 nitrogen and oxygen atoms in total. The Morgan fingerprint density at radius 3 is 2.21 bits per heavy atom. The Morgan fingerprint density at radius 1 is 1.00 bits per heavy atom. The van der Waals surface area contributed by atoms with E-state index in [4.69, 9.17) is 11.6 Å². The minimum atomic E-state index is -0.847. The van der Waals surface area contributed by atoms with Crippen LogP contribution in [0.2, 0.25) is 0 Å². The summed E-state index contributed by atoms with van der Waals surface area (Å²) in [7, 11) is 0. The standard InChI is InChI=1S/C16H8ClFN2O4/c17-14-13(9-5-7-10(8-6-9)20(23)24)15(21)19(16(14)22)12-4-2-1-3-11(12)18/h1-8H. The highest BCUT2D eigenvalue weighted by atomic mass is 35.5. The van der Waals surface area contributed by atoms with E-state index in [9.17, 15) is 24.1 Å². The van der Waals surface area contributed by atoms with Gasteiger partial charge in [0, 0.05) is 12.1 Å². The molecule has 2 aromatic carbocycles. The molecule has 0 radical (unpaired) electrons. The molecule has 2 aromatic rings. The van der Waals surface area contributed by atoms with Gasteiger partial charge in [-0.25, -0.2) is 9.29 Å². The van der Waals surface area contributed by atoms with E-state index in [0.717, 1.165) is 6.07 Å². The molecule has 0 N–H and O–H groups in total. The van der Waals surface area contributed by atoms with Crippen molar-refractivity contribution in [3.05, 3.63) is 75.1 Å². The Labute approximate surface area is 139 Å². The lowest BCUT2D eigenvalue weighted by Crippen LogP contribution is -2.31. The second kappa shape index (κ2) is 5.86. The second-order valence-corrected chi connectivity index (χ2v) is 5.27. The predicted molar refractivity (Wildman–Crippen MR) is 84.8 cm³/mol. The molecule has 1 aliphatic heterocycles. The maximum atomic E-state index is 13.9. The average Bonchev–Trinajstić information content (AvgIpc) is 2.78. The zero-order valence-corrected chi connectivity index (χ0v) is 12.7. The molecule has 1 aliphatic rings. The van der Waals surface area contributed by atoms with Gasteiger partial charge in [0.25, 0.3) is 17.5 Å². The number of nitrogens with zero attached hydrogens (tertiary/aromatic N) is 2. The SMILES string of the molecule is O=C1C(Cl)=C(c2ccc([N+](=O)[O-])cc2)C(=O)N1c1ccccc1F. The highest BCUT2D eigenvalue weighted by molar-refractivity contribution is 6.60. The number of anilines is 1. The number of rotatable bonds is 3. The largest absolute Gasteiger partial charge is 0.277 e. The number of hydrogen-bond donors (Lipinski definition) is 0. The van der Waals surface area contributed by atoms with Crippen molar-refractivity contribution < 1.29 is 18.9 Å². The number of carbonyl (C=O) groups excluding carboxylic acids is 2. The zero-order chi connectivity index (χ0) is 17.4. The molecule has 2 amide bonds. The second-order valence-electron chi connectivity index (χ2n) is 4.89. The van der Waals surface area contributed by atoms with E-state index in [0.29, 0.717) is 4.90 Å². The molecule has 0 bridgehead atoms. The highest BCUT2D eigenvalue weighted by Gasteiger charge is 2.40. The lowest BCUT2D eigenvalue weighted by molar-refractivity contribution is -0.384. The number of amides is 2. The number of hydrogen-bond acceptors (Lipinski definition) is 4. The van der Waals surface area contributed by atoms with Gasteiger partial charge < -0.3 is 0 Å². The van der Waals surface area contributed by atoms with E-state index < -0.39 is 22.6 Å². The normalized spacial score (nSPS) is 14.5. The van der Waals surface area contributed by atoms with Gasteiger partial charge in [0.1, 0.15) is 10.8 Å². The summed E-state index contributed by atoms with van der Waals surface area (Å²) in [6.45, 7) is 0. The van der Waals surface area contributed by atoms with E-state index in [1.165, 1.54) is 42.5 Å². The third kappa shape index (κ3) is 2.44. The highest BCUT2D eigenvalue weighted by Crippen LogP contribution is 2.36. The van der Waals surface area contributed by atoms with Crippen LogP contribution in [0.3, 0.4) is 0 Å². The molecule has 0 saturated carbocycles. The van der Waals surface area contributed by atoms with Crippen LogP contribution in [-0.4, -0.2) is 16.7 Å². The molecule has 0 saturated heterocycles. The summed E-state index contributed by atoms with van der Waals surface area (Å²) in [6, 6.07) is 10.3. The number of benzene rings is 2. The molecular formula is C16H8ClFN2O4.